The van der Waals surface area contributed by atoms with E-state index in [4.69, 9.17) is 11.1 Å². The average Bonchev–Trinajstić information content (AvgIpc) is 2.55. The summed E-state index contributed by atoms with van der Waals surface area (Å²) in [4.78, 5) is 32.3. The second kappa shape index (κ2) is 8.84. The van der Waals surface area contributed by atoms with E-state index in [-0.39, 0.29) is 17.2 Å². The zero-order valence-corrected chi connectivity index (χ0v) is 13.0. The molecule has 0 aromatic heterocycles. The van der Waals surface area contributed by atoms with Gasteiger partial charge in [-0.3, -0.25) is 20.7 Å². The van der Waals surface area contributed by atoms with Crippen molar-refractivity contribution in [3.05, 3.63) is 65.7 Å². The van der Waals surface area contributed by atoms with E-state index in [2.05, 4.69) is 5.32 Å². The fourth-order valence-electron chi connectivity index (χ4n) is 1.72. The number of hydrogen-bond donors (Lipinski definition) is 3. The standard InChI is InChI=1S/C10H9NO4.C7H8N2/c1-6(12)11-8-5-3-2-4-7(8)9(13)10(14)15;8-7(9)6-4-2-1-3-5-6/h2-5H,1H3,(H,11,12)(H,14,15);1-5H,(H3,8,9). The molecule has 0 atom stereocenters. The number of para-hydroxylation sites is 1. The van der Waals surface area contributed by atoms with E-state index in [9.17, 15) is 19.5 Å². The Labute approximate surface area is 138 Å². The number of benzene rings is 2. The molecule has 0 fully saturated rings. The normalized spacial score (nSPS) is 9.21. The van der Waals surface area contributed by atoms with Gasteiger partial charge in [0.15, 0.2) is 0 Å². The van der Waals surface area contributed by atoms with Crippen molar-refractivity contribution in [1.29, 1.82) is 0 Å². The first-order valence-electron chi connectivity index (χ1n) is 6.88. The minimum Gasteiger partial charge on any atom is -0.541 e. The number of amidine groups is 1. The van der Waals surface area contributed by atoms with Crippen LogP contribution in [0.15, 0.2) is 54.6 Å². The molecule has 124 valence electrons. The Hall–Kier alpha value is -3.48. The summed E-state index contributed by atoms with van der Waals surface area (Å²) in [5.41, 5.74) is 6.27. The molecule has 0 aliphatic carbocycles. The summed E-state index contributed by atoms with van der Waals surface area (Å²) in [7, 11) is 0. The number of ketones is 1. The summed E-state index contributed by atoms with van der Waals surface area (Å²) in [5, 5.41) is 18.0. The molecule has 0 saturated heterocycles. The molecule has 7 nitrogen and oxygen atoms in total. The minimum atomic E-state index is -1.80. The maximum Gasteiger partial charge on any atom is 0.270 e. The molecule has 24 heavy (non-hydrogen) atoms. The SMILES string of the molecule is CC(=O)Nc1ccccc1C(=O)C(=O)[O-].NC(=[NH2+])c1ccccc1. The second-order valence-corrected chi connectivity index (χ2v) is 4.66. The maximum atomic E-state index is 11.1. The Morgan fingerprint density at radius 1 is 1.00 bits per heavy atom. The van der Waals surface area contributed by atoms with Gasteiger partial charge in [0.25, 0.3) is 5.84 Å². The van der Waals surface area contributed by atoms with E-state index in [1.54, 1.807) is 6.07 Å². The molecule has 1 amide bonds. The Bertz CT molecular complexity index is 757. The monoisotopic (exact) mass is 327 g/mol. The lowest BCUT2D eigenvalue weighted by atomic mass is 10.1. The van der Waals surface area contributed by atoms with Crippen LogP contribution in [-0.4, -0.2) is 23.5 Å². The highest BCUT2D eigenvalue weighted by molar-refractivity contribution is 6.40. The summed E-state index contributed by atoms with van der Waals surface area (Å²) < 4.78 is 0. The molecular weight excluding hydrogens is 310 g/mol. The van der Waals surface area contributed by atoms with E-state index in [1.807, 2.05) is 30.3 Å². The van der Waals surface area contributed by atoms with Gasteiger partial charge < -0.3 is 15.2 Å². The summed E-state index contributed by atoms with van der Waals surface area (Å²) in [6, 6.07) is 15.3. The topological polar surface area (TPSA) is 138 Å². The molecule has 0 bridgehead atoms. The number of carbonyl (C=O) groups excluding carboxylic acids is 3. The zero-order valence-electron chi connectivity index (χ0n) is 13.0. The van der Waals surface area contributed by atoms with Gasteiger partial charge in [-0.15, -0.1) is 0 Å². The number of carboxylic acids is 1. The van der Waals surface area contributed by atoms with Gasteiger partial charge >= 0.3 is 0 Å². The van der Waals surface area contributed by atoms with Crippen LogP contribution in [0, 0.1) is 0 Å². The highest BCUT2D eigenvalue weighted by Crippen LogP contribution is 2.15. The number of carboxylic acid groups (broad SMARTS) is 1. The van der Waals surface area contributed by atoms with E-state index in [1.165, 1.54) is 25.1 Å². The molecule has 0 aliphatic heterocycles. The number of amides is 1. The predicted octanol–water partition coefficient (Wildman–Crippen LogP) is -1.27. The molecule has 2 rings (SSSR count). The molecule has 0 saturated carbocycles. The van der Waals surface area contributed by atoms with Crippen molar-refractivity contribution in [3.8, 4) is 0 Å². The quantitative estimate of drug-likeness (QED) is 0.278. The number of rotatable bonds is 4. The lowest BCUT2D eigenvalue weighted by Crippen LogP contribution is -2.46. The first-order valence-corrected chi connectivity index (χ1v) is 6.88. The van der Waals surface area contributed by atoms with Crippen LogP contribution < -0.4 is 21.6 Å². The van der Waals surface area contributed by atoms with E-state index < -0.39 is 11.8 Å². The maximum absolute atomic E-state index is 11.1. The van der Waals surface area contributed by atoms with Gasteiger partial charge in [-0.1, -0.05) is 30.3 Å². The van der Waals surface area contributed by atoms with Crippen molar-refractivity contribution in [3.63, 3.8) is 0 Å². The lowest BCUT2D eigenvalue weighted by Gasteiger charge is -2.08. The zero-order chi connectivity index (χ0) is 18.1. The Morgan fingerprint density at radius 2 is 1.54 bits per heavy atom. The Balaban J connectivity index is 0.000000272. The number of Topliss-reactive ketones (excluding diaryl/α,β-unsaturated/α-hetero) is 1. The van der Waals surface area contributed by atoms with Crippen molar-refractivity contribution in [1.82, 2.24) is 0 Å². The number of nitrogens with two attached hydrogens (primary N) is 2. The third kappa shape index (κ3) is 5.72. The number of hydrogen-bond acceptors (Lipinski definition) is 4. The van der Waals surface area contributed by atoms with Crippen molar-refractivity contribution >= 4 is 29.2 Å². The number of anilines is 1. The Kier molecular flexibility index (Phi) is 6.84. The summed E-state index contributed by atoms with van der Waals surface area (Å²) in [5.74, 6) is -2.96. The van der Waals surface area contributed by atoms with Gasteiger partial charge in [-0.05, 0) is 24.3 Å². The third-order valence-corrected chi connectivity index (χ3v) is 2.77. The van der Waals surface area contributed by atoms with Crippen LogP contribution in [0.2, 0.25) is 0 Å². The molecular formula is C17H17N3O4. The molecule has 0 radical (unpaired) electrons. The van der Waals surface area contributed by atoms with Crippen LogP contribution in [0.4, 0.5) is 5.69 Å². The summed E-state index contributed by atoms with van der Waals surface area (Å²) >= 11 is 0. The summed E-state index contributed by atoms with van der Waals surface area (Å²) in [6.45, 7) is 1.26. The molecule has 5 N–H and O–H groups in total. The fourth-order valence-corrected chi connectivity index (χ4v) is 1.72. The van der Waals surface area contributed by atoms with Crippen LogP contribution in [0.1, 0.15) is 22.8 Å². The number of carbonyl (C=O) groups is 3. The molecule has 2 aromatic rings. The van der Waals surface area contributed by atoms with Crippen molar-refractivity contribution in [2.45, 2.75) is 6.92 Å². The van der Waals surface area contributed by atoms with Gasteiger partial charge in [0.05, 0.1) is 11.3 Å². The molecule has 0 aliphatic rings. The van der Waals surface area contributed by atoms with E-state index in [0.717, 1.165) is 5.56 Å². The van der Waals surface area contributed by atoms with Crippen LogP contribution in [0.25, 0.3) is 0 Å². The predicted molar refractivity (Wildman–Crippen MR) is 86.7 cm³/mol. The van der Waals surface area contributed by atoms with Crippen LogP contribution in [-0.2, 0) is 9.59 Å². The first-order chi connectivity index (χ1) is 11.3. The van der Waals surface area contributed by atoms with E-state index in [0.29, 0.717) is 5.84 Å². The highest BCUT2D eigenvalue weighted by Gasteiger charge is 2.12. The van der Waals surface area contributed by atoms with Crippen LogP contribution in [0.3, 0.4) is 0 Å². The molecule has 7 heteroatoms. The summed E-state index contributed by atoms with van der Waals surface area (Å²) in [6.07, 6.45) is 0. The van der Waals surface area contributed by atoms with Gasteiger partial charge in [0, 0.05) is 12.5 Å². The molecule has 0 spiro atoms. The number of aliphatic carboxylic acids is 1. The minimum absolute atomic E-state index is 0.0901. The largest absolute Gasteiger partial charge is 0.541 e. The third-order valence-electron chi connectivity index (χ3n) is 2.77. The van der Waals surface area contributed by atoms with Crippen molar-refractivity contribution in [2.24, 2.45) is 5.73 Å². The highest BCUT2D eigenvalue weighted by atomic mass is 16.4. The molecule has 0 heterocycles. The van der Waals surface area contributed by atoms with E-state index >= 15 is 0 Å². The van der Waals surface area contributed by atoms with Crippen molar-refractivity contribution < 1.29 is 24.9 Å². The molecule has 2 aromatic carbocycles. The molecule has 0 unspecified atom stereocenters. The number of nitrogens with one attached hydrogen (secondary N) is 1. The van der Waals surface area contributed by atoms with Crippen molar-refractivity contribution in [2.75, 3.05) is 5.32 Å². The Morgan fingerprint density at radius 3 is 2.00 bits per heavy atom. The van der Waals surface area contributed by atoms with Gasteiger partial charge in [0.2, 0.25) is 11.7 Å². The van der Waals surface area contributed by atoms with Gasteiger partial charge in [-0.25, -0.2) is 0 Å². The fraction of sp³-hybridized carbons (Fsp3) is 0.0588. The van der Waals surface area contributed by atoms with Crippen LogP contribution >= 0.6 is 0 Å². The van der Waals surface area contributed by atoms with Gasteiger partial charge in [-0.2, -0.15) is 0 Å². The lowest BCUT2D eigenvalue weighted by molar-refractivity contribution is -0.296. The second-order valence-electron chi connectivity index (χ2n) is 4.66. The average molecular weight is 327 g/mol. The van der Waals surface area contributed by atoms with Crippen LogP contribution in [0.5, 0.6) is 0 Å². The smallest absolute Gasteiger partial charge is 0.270 e. The van der Waals surface area contributed by atoms with Gasteiger partial charge in [0.1, 0.15) is 5.97 Å². The first kappa shape index (κ1) is 18.6.